The van der Waals surface area contributed by atoms with Crippen LogP contribution in [-0.4, -0.2) is 44.1 Å². The maximum absolute atomic E-state index is 11.6. The molecule has 31 heavy (non-hydrogen) atoms. The van der Waals surface area contributed by atoms with Gasteiger partial charge >= 0.3 is 0 Å². The van der Waals surface area contributed by atoms with Crippen LogP contribution in [0.5, 0.6) is 0 Å². The number of piperidine rings is 1. The maximum atomic E-state index is 11.6. The summed E-state index contributed by atoms with van der Waals surface area (Å²) in [5.74, 6) is 0.511. The standard InChI is InChI=1S/C22H25ClN6O.ClH/c23-19-8-6-17(7-9-19)20(28-13-11-18(12-14-28)21(24)30)22-25-26-27-29(22)15-10-16-4-2-1-3-5-16;/h1-9,18,20H,10-15H2,(H2,24,30);1H. The molecule has 1 aliphatic rings. The van der Waals surface area contributed by atoms with Crippen molar-refractivity contribution in [2.24, 2.45) is 11.7 Å². The topological polar surface area (TPSA) is 89.9 Å². The molecule has 1 aromatic heterocycles. The molecule has 2 N–H and O–H groups in total. The van der Waals surface area contributed by atoms with E-state index in [0.29, 0.717) is 11.6 Å². The second-order valence-electron chi connectivity index (χ2n) is 7.66. The summed E-state index contributed by atoms with van der Waals surface area (Å²) in [5, 5.41) is 13.3. The van der Waals surface area contributed by atoms with Gasteiger partial charge in [-0.3, -0.25) is 9.69 Å². The molecule has 0 saturated carbocycles. The first-order valence-corrected chi connectivity index (χ1v) is 10.6. The minimum Gasteiger partial charge on any atom is -0.369 e. The van der Waals surface area contributed by atoms with Gasteiger partial charge in [-0.1, -0.05) is 54.1 Å². The molecule has 9 heteroatoms. The monoisotopic (exact) mass is 460 g/mol. The molecule has 1 fully saturated rings. The highest BCUT2D eigenvalue weighted by Gasteiger charge is 2.32. The number of aryl methyl sites for hydroxylation is 2. The predicted molar refractivity (Wildman–Crippen MR) is 122 cm³/mol. The van der Waals surface area contributed by atoms with Crippen LogP contribution in [0, 0.1) is 5.92 Å². The lowest BCUT2D eigenvalue weighted by Crippen LogP contribution is -2.41. The first-order valence-electron chi connectivity index (χ1n) is 10.2. The lowest BCUT2D eigenvalue weighted by Gasteiger charge is -2.36. The number of primary amides is 1. The number of halogens is 2. The van der Waals surface area contributed by atoms with Crippen LogP contribution in [0.1, 0.15) is 35.8 Å². The van der Waals surface area contributed by atoms with Crippen LogP contribution in [-0.2, 0) is 17.8 Å². The van der Waals surface area contributed by atoms with Crippen molar-refractivity contribution in [3.05, 3.63) is 76.6 Å². The largest absolute Gasteiger partial charge is 0.369 e. The van der Waals surface area contributed by atoms with Gasteiger partial charge < -0.3 is 5.73 Å². The second-order valence-corrected chi connectivity index (χ2v) is 8.10. The Kier molecular flexibility index (Phi) is 8.01. The molecule has 2 aromatic carbocycles. The summed E-state index contributed by atoms with van der Waals surface area (Å²) < 4.78 is 1.88. The number of aromatic nitrogens is 4. The Morgan fingerprint density at radius 1 is 1.10 bits per heavy atom. The highest BCUT2D eigenvalue weighted by molar-refractivity contribution is 6.30. The van der Waals surface area contributed by atoms with Crippen LogP contribution in [0.4, 0.5) is 0 Å². The Morgan fingerprint density at radius 2 is 1.77 bits per heavy atom. The van der Waals surface area contributed by atoms with Gasteiger partial charge in [-0.05, 0) is 66.0 Å². The molecule has 1 atom stereocenters. The average molecular weight is 461 g/mol. The second kappa shape index (κ2) is 10.7. The number of nitrogens with two attached hydrogens (primary N) is 1. The third-order valence-electron chi connectivity index (χ3n) is 5.74. The number of nitrogens with zero attached hydrogens (tertiary/aromatic N) is 5. The van der Waals surface area contributed by atoms with E-state index >= 15 is 0 Å². The fourth-order valence-corrected chi connectivity index (χ4v) is 4.18. The van der Waals surface area contributed by atoms with E-state index in [9.17, 15) is 4.79 Å². The molecule has 0 radical (unpaired) electrons. The summed E-state index contributed by atoms with van der Waals surface area (Å²) in [4.78, 5) is 13.9. The SMILES string of the molecule is Cl.NC(=O)C1CCN(C(c2ccc(Cl)cc2)c2nnnn2CCc2ccccc2)CC1. The molecule has 164 valence electrons. The number of likely N-dealkylation sites (tertiary alicyclic amines) is 1. The molecule has 7 nitrogen and oxygen atoms in total. The Hall–Kier alpha value is -2.48. The fourth-order valence-electron chi connectivity index (χ4n) is 4.06. The molecule has 1 amide bonds. The third-order valence-corrected chi connectivity index (χ3v) is 5.99. The maximum Gasteiger partial charge on any atom is 0.220 e. The summed E-state index contributed by atoms with van der Waals surface area (Å²) in [6, 6.07) is 18.0. The zero-order chi connectivity index (χ0) is 20.9. The van der Waals surface area contributed by atoms with Crippen molar-refractivity contribution < 1.29 is 4.79 Å². The number of amides is 1. The van der Waals surface area contributed by atoms with Crippen molar-refractivity contribution >= 4 is 29.9 Å². The van der Waals surface area contributed by atoms with E-state index in [0.717, 1.165) is 43.7 Å². The Bertz CT molecular complexity index is 971. The van der Waals surface area contributed by atoms with Gasteiger partial charge in [-0.2, -0.15) is 0 Å². The summed E-state index contributed by atoms with van der Waals surface area (Å²) in [5.41, 5.74) is 7.84. The first-order chi connectivity index (χ1) is 14.6. The van der Waals surface area contributed by atoms with E-state index in [-0.39, 0.29) is 30.3 Å². The van der Waals surface area contributed by atoms with Crippen molar-refractivity contribution in [2.75, 3.05) is 13.1 Å². The fraction of sp³-hybridized carbons (Fsp3) is 0.364. The minimum absolute atomic E-state index is 0. The number of hydrogen-bond donors (Lipinski definition) is 1. The molecule has 0 spiro atoms. The number of hydrogen-bond acceptors (Lipinski definition) is 5. The van der Waals surface area contributed by atoms with E-state index in [4.69, 9.17) is 17.3 Å². The molecule has 0 aliphatic carbocycles. The van der Waals surface area contributed by atoms with E-state index in [1.807, 2.05) is 47.1 Å². The molecule has 3 aromatic rings. The van der Waals surface area contributed by atoms with E-state index < -0.39 is 0 Å². The Balaban J connectivity index is 0.00000272. The third kappa shape index (κ3) is 5.61. The lowest BCUT2D eigenvalue weighted by atomic mass is 9.93. The summed E-state index contributed by atoms with van der Waals surface area (Å²) in [6.07, 6.45) is 2.33. The van der Waals surface area contributed by atoms with E-state index in [1.165, 1.54) is 5.56 Å². The van der Waals surface area contributed by atoms with Gasteiger partial charge in [0.2, 0.25) is 5.91 Å². The molecule has 1 aliphatic heterocycles. The van der Waals surface area contributed by atoms with Crippen LogP contribution in [0.3, 0.4) is 0 Å². The first kappa shape index (κ1) is 23.2. The summed E-state index contributed by atoms with van der Waals surface area (Å²) in [7, 11) is 0. The summed E-state index contributed by atoms with van der Waals surface area (Å²) >= 11 is 6.12. The minimum atomic E-state index is -0.217. The zero-order valence-corrected chi connectivity index (χ0v) is 18.7. The van der Waals surface area contributed by atoms with Gasteiger partial charge in [0, 0.05) is 17.5 Å². The predicted octanol–water partition coefficient (Wildman–Crippen LogP) is 3.28. The van der Waals surface area contributed by atoms with Gasteiger partial charge in [0.25, 0.3) is 0 Å². The van der Waals surface area contributed by atoms with Gasteiger partial charge in [-0.15, -0.1) is 17.5 Å². The van der Waals surface area contributed by atoms with Crippen molar-refractivity contribution in [3.8, 4) is 0 Å². The smallest absolute Gasteiger partial charge is 0.220 e. The molecule has 1 saturated heterocycles. The van der Waals surface area contributed by atoms with Crippen LogP contribution in [0.2, 0.25) is 5.02 Å². The van der Waals surface area contributed by atoms with Gasteiger partial charge in [0.15, 0.2) is 5.82 Å². The highest BCUT2D eigenvalue weighted by atomic mass is 35.5. The molecule has 0 bridgehead atoms. The van der Waals surface area contributed by atoms with Crippen molar-refractivity contribution in [3.63, 3.8) is 0 Å². The molecular weight excluding hydrogens is 435 g/mol. The van der Waals surface area contributed by atoms with Gasteiger partial charge in [0.1, 0.15) is 0 Å². The molecular formula is C22H26Cl2N6O. The Morgan fingerprint density at radius 3 is 2.42 bits per heavy atom. The van der Waals surface area contributed by atoms with Crippen molar-refractivity contribution in [2.45, 2.75) is 31.8 Å². The van der Waals surface area contributed by atoms with Crippen LogP contribution < -0.4 is 5.73 Å². The number of benzene rings is 2. The number of rotatable bonds is 7. The average Bonchev–Trinajstić information content (AvgIpc) is 3.23. The lowest BCUT2D eigenvalue weighted by molar-refractivity contribution is -0.123. The number of carbonyl (C=O) groups excluding carboxylic acids is 1. The highest BCUT2D eigenvalue weighted by Crippen LogP contribution is 2.32. The number of carbonyl (C=O) groups is 1. The molecule has 1 unspecified atom stereocenters. The van der Waals surface area contributed by atoms with Crippen LogP contribution >= 0.6 is 24.0 Å². The summed E-state index contributed by atoms with van der Waals surface area (Å²) in [6.45, 7) is 2.20. The molecule has 2 heterocycles. The van der Waals surface area contributed by atoms with E-state index in [2.05, 4.69) is 32.6 Å². The quantitative estimate of drug-likeness (QED) is 0.583. The van der Waals surface area contributed by atoms with Gasteiger partial charge in [-0.25, -0.2) is 4.68 Å². The van der Waals surface area contributed by atoms with E-state index in [1.54, 1.807) is 0 Å². The van der Waals surface area contributed by atoms with Crippen LogP contribution in [0.25, 0.3) is 0 Å². The van der Waals surface area contributed by atoms with Crippen molar-refractivity contribution in [1.82, 2.24) is 25.1 Å². The normalized spacial score (nSPS) is 15.9. The van der Waals surface area contributed by atoms with Crippen LogP contribution in [0.15, 0.2) is 54.6 Å². The number of tetrazole rings is 1. The molecule has 4 rings (SSSR count). The Labute approximate surface area is 193 Å². The van der Waals surface area contributed by atoms with Gasteiger partial charge in [0.05, 0.1) is 6.04 Å². The van der Waals surface area contributed by atoms with Crippen molar-refractivity contribution in [1.29, 1.82) is 0 Å². The zero-order valence-electron chi connectivity index (χ0n) is 17.1.